The van der Waals surface area contributed by atoms with Gasteiger partial charge in [-0.05, 0) is 19.0 Å². The Balaban J connectivity index is 1.65. The highest BCUT2D eigenvalue weighted by Crippen LogP contribution is 2.29. The number of halogens is 1. The van der Waals surface area contributed by atoms with E-state index in [4.69, 9.17) is 4.52 Å². The number of aromatic nitrogens is 2. The standard InChI is InChI=1S/C17H22FN3O/c1-17(2,3)16-19-15(22-20-16)13-8-9-21(11-13)10-12-6-4-5-7-14(12)18/h4-7,13H,8-11H2,1-3H3. The Bertz CT molecular complexity index is 647. The number of rotatable bonds is 3. The maximum Gasteiger partial charge on any atom is 0.231 e. The normalized spacial score (nSPS) is 19.7. The molecule has 0 amide bonds. The summed E-state index contributed by atoms with van der Waals surface area (Å²) >= 11 is 0. The molecule has 22 heavy (non-hydrogen) atoms. The molecular weight excluding hydrogens is 281 g/mol. The minimum atomic E-state index is -0.140. The number of likely N-dealkylation sites (tertiary alicyclic amines) is 1. The molecule has 5 heteroatoms. The van der Waals surface area contributed by atoms with Crippen molar-refractivity contribution in [2.24, 2.45) is 0 Å². The van der Waals surface area contributed by atoms with Crippen LogP contribution in [0.3, 0.4) is 0 Å². The zero-order chi connectivity index (χ0) is 15.7. The molecule has 1 fully saturated rings. The summed E-state index contributed by atoms with van der Waals surface area (Å²) < 4.78 is 19.2. The maximum atomic E-state index is 13.7. The van der Waals surface area contributed by atoms with Gasteiger partial charge < -0.3 is 4.52 Å². The first-order valence-corrected chi connectivity index (χ1v) is 7.73. The van der Waals surface area contributed by atoms with Crippen molar-refractivity contribution in [2.45, 2.75) is 45.1 Å². The lowest BCUT2D eigenvalue weighted by atomic mass is 9.96. The van der Waals surface area contributed by atoms with E-state index in [0.29, 0.717) is 12.4 Å². The summed E-state index contributed by atoms with van der Waals surface area (Å²) in [6.07, 6.45) is 0.972. The summed E-state index contributed by atoms with van der Waals surface area (Å²) in [5.41, 5.74) is 0.636. The summed E-state index contributed by atoms with van der Waals surface area (Å²) in [5.74, 6) is 1.56. The van der Waals surface area contributed by atoms with E-state index in [9.17, 15) is 4.39 Å². The Labute approximate surface area is 130 Å². The Hall–Kier alpha value is -1.75. The van der Waals surface area contributed by atoms with Crippen LogP contribution in [0.5, 0.6) is 0 Å². The molecule has 0 bridgehead atoms. The average molecular weight is 303 g/mol. The van der Waals surface area contributed by atoms with E-state index in [-0.39, 0.29) is 17.2 Å². The molecule has 1 aliphatic heterocycles. The summed E-state index contributed by atoms with van der Waals surface area (Å²) in [6.45, 7) is 8.60. The Kier molecular flexibility index (Phi) is 4.00. The third-order valence-electron chi connectivity index (χ3n) is 4.09. The second kappa shape index (κ2) is 5.80. The lowest BCUT2D eigenvalue weighted by Gasteiger charge is -2.15. The molecule has 3 rings (SSSR count). The molecule has 1 atom stereocenters. The number of benzene rings is 1. The van der Waals surface area contributed by atoms with Gasteiger partial charge in [0.25, 0.3) is 0 Å². The minimum Gasteiger partial charge on any atom is -0.339 e. The molecule has 2 aromatic rings. The zero-order valence-corrected chi connectivity index (χ0v) is 13.3. The lowest BCUT2D eigenvalue weighted by molar-refractivity contribution is 0.303. The molecule has 2 heterocycles. The van der Waals surface area contributed by atoms with E-state index in [0.717, 1.165) is 30.9 Å². The van der Waals surface area contributed by atoms with Crippen molar-refractivity contribution in [2.75, 3.05) is 13.1 Å². The molecule has 1 saturated heterocycles. The fourth-order valence-corrected chi connectivity index (χ4v) is 2.75. The van der Waals surface area contributed by atoms with Crippen molar-refractivity contribution in [3.05, 3.63) is 47.4 Å². The number of hydrogen-bond donors (Lipinski definition) is 0. The quantitative estimate of drug-likeness (QED) is 0.870. The smallest absolute Gasteiger partial charge is 0.231 e. The van der Waals surface area contributed by atoms with Crippen LogP contribution in [0.15, 0.2) is 28.8 Å². The van der Waals surface area contributed by atoms with Crippen molar-refractivity contribution < 1.29 is 8.91 Å². The van der Waals surface area contributed by atoms with Gasteiger partial charge in [-0.25, -0.2) is 4.39 Å². The first-order chi connectivity index (χ1) is 10.4. The monoisotopic (exact) mass is 303 g/mol. The van der Waals surface area contributed by atoms with Gasteiger partial charge in [-0.15, -0.1) is 0 Å². The Morgan fingerprint density at radius 3 is 2.77 bits per heavy atom. The first kappa shape index (κ1) is 15.2. The summed E-state index contributed by atoms with van der Waals surface area (Å²) in [4.78, 5) is 6.78. The third kappa shape index (κ3) is 3.19. The Morgan fingerprint density at radius 1 is 1.32 bits per heavy atom. The van der Waals surface area contributed by atoms with Gasteiger partial charge >= 0.3 is 0 Å². The van der Waals surface area contributed by atoms with Crippen LogP contribution in [0.4, 0.5) is 4.39 Å². The van der Waals surface area contributed by atoms with Crippen molar-refractivity contribution in [3.8, 4) is 0 Å². The van der Waals surface area contributed by atoms with E-state index >= 15 is 0 Å². The molecule has 1 aromatic heterocycles. The second-order valence-corrected chi connectivity index (χ2v) is 7.02. The average Bonchev–Trinajstić information content (AvgIpc) is 3.09. The molecule has 0 radical (unpaired) electrons. The van der Waals surface area contributed by atoms with Crippen molar-refractivity contribution >= 4 is 0 Å². The van der Waals surface area contributed by atoms with E-state index < -0.39 is 0 Å². The zero-order valence-electron chi connectivity index (χ0n) is 13.3. The van der Waals surface area contributed by atoms with E-state index in [1.165, 1.54) is 6.07 Å². The molecule has 1 aliphatic rings. The molecule has 0 saturated carbocycles. The van der Waals surface area contributed by atoms with Gasteiger partial charge in [0.15, 0.2) is 5.82 Å². The Morgan fingerprint density at radius 2 is 2.09 bits per heavy atom. The van der Waals surface area contributed by atoms with Gasteiger partial charge in [0.1, 0.15) is 5.82 Å². The summed E-state index contributed by atoms with van der Waals surface area (Å²) in [7, 11) is 0. The topological polar surface area (TPSA) is 42.2 Å². The highest BCUT2D eigenvalue weighted by atomic mass is 19.1. The molecule has 0 N–H and O–H groups in total. The van der Waals surface area contributed by atoms with Crippen LogP contribution in [0.25, 0.3) is 0 Å². The van der Waals surface area contributed by atoms with Crippen molar-refractivity contribution in [3.63, 3.8) is 0 Å². The van der Waals surface area contributed by atoms with Crippen LogP contribution >= 0.6 is 0 Å². The second-order valence-electron chi connectivity index (χ2n) is 7.02. The van der Waals surface area contributed by atoms with Crippen LogP contribution in [0.2, 0.25) is 0 Å². The van der Waals surface area contributed by atoms with Crippen LogP contribution < -0.4 is 0 Å². The first-order valence-electron chi connectivity index (χ1n) is 7.73. The van der Waals surface area contributed by atoms with Gasteiger partial charge in [0, 0.05) is 24.1 Å². The molecule has 1 aromatic carbocycles. The van der Waals surface area contributed by atoms with Crippen molar-refractivity contribution in [1.82, 2.24) is 15.0 Å². The summed E-state index contributed by atoms with van der Waals surface area (Å²) in [5, 5.41) is 4.09. The fraction of sp³-hybridized carbons (Fsp3) is 0.529. The predicted molar refractivity (Wildman–Crippen MR) is 82.0 cm³/mol. The molecule has 118 valence electrons. The molecule has 1 unspecified atom stereocenters. The van der Waals surface area contributed by atoms with Gasteiger partial charge in [0.2, 0.25) is 5.89 Å². The van der Waals surface area contributed by atoms with Gasteiger partial charge in [-0.1, -0.05) is 44.1 Å². The molecular formula is C17H22FN3O. The molecule has 0 spiro atoms. The predicted octanol–water partition coefficient (Wildman–Crippen LogP) is 3.50. The van der Waals surface area contributed by atoms with Gasteiger partial charge in [-0.3, -0.25) is 4.90 Å². The van der Waals surface area contributed by atoms with Crippen LogP contribution in [0.1, 0.15) is 50.4 Å². The number of nitrogens with zero attached hydrogens (tertiary/aromatic N) is 3. The van der Waals surface area contributed by atoms with Crippen molar-refractivity contribution in [1.29, 1.82) is 0 Å². The van der Waals surface area contributed by atoms with E-state index in [1.54, 1.807) is 6.07 Å². The fourth-order valence-electron chi connectivity index (χ4n) is 2.75. The minimum absolute atomic E-state index is 0.104. The molecule has 4 nitrogen and oxygen atoms in total. The summed E-state index contributed by atoms with van der Waals surface area (Å²) in [6, 6.07) is 6.95. The SMILES string of the molecule is CC(C)(C)c1noc(C2CCN(Cc3ccccc3F)C2)n1. The number of hydrogen-bond acceptors (Lipinski definition) is 4. The molecule has 0 aliphatic carbocycles. The van der Waals surface area contributed by atoms with Crippen LogP contribution in [-0.2, 0) is 12.0 Å². The van der Waals surface area contributed by atoms with Crippen LogP contribution in [0, 0.1) is 5.82 Å². The lowest BCUT2D eigenvalue weighted by Crippen LogP contribution is -2.20. The largest absolute Gasteiger partial charge is 0.339 e. The highest BCUT2D eigenvalue weighted by Gasteiger charge is 2.30. The third-order valence-corrected chi connectivity index (χ3v) is 4.09. The maximum absolute atomic E-state index is 13.7. The van der Waals surface area contributed by atoms with E-state index in [1.807, 2.05) is 12.1 Å². The van der Waals surface area contributed by atoms with Crippen LogP contribution in [-0.4, -0.2) is 28.1 Å². The highest BCUT2D eigenvalue weighted by molar-refractivity contribution is 5.17. The van der Waals surface area contributed by atoms with Gasteiger partial charge in [-0.2, -0.15) is 4.98 Å². The van der Waals surface area contributed by atoms with E-state index in [2.05, 4.69) is 35.8 Å². The van der Waals surface area contributed by atoms with Gasteiger partial charge in [0.05, 0.1) is 5.92 Å².